The summed E-state index contributed by atoms with van der Waals surface area (Å²) in [4.78, 5) is 12.2. The van der Waals surface area contributed by atoms with Crippen molar-refractivity contribution in [2.45, 2.75) is 31.2 Å². The molecule has 0 saturated heterocycles. The maximum atomic E-state index is 5.93. The first-order chi connectivity index (χ1) is 8.26. The quantitative estimate of drug-likeness (QED) is 0.823. The summed E-state index contributed by atoms with van der Waals surface area (Å²) in [6.07, 6.45) is 3.20. The van der Waals surface area contributed by atoms with E-state index in [1.165, 1.54) is 0 Å². The van der Waals surface area contributed by atoms with Crippen molar-refractivity contribution in [1.82, 2.24) is 15.0 Å². The summed E-state index contributed by atoms with van der Waals surface area (Å²) in [5, 5.41) is 0. The molecule has 2 aromatic heterocycles. The zero-order valence-electron chi connectivity index (χ0n) is 9.81. The molecule has 1 aliphatic rings. The molecule has 0 bridgehead atoms. The van der Waals surface area contributed by atoms with Crippen LogP contribution < -0.4 is 10.5 Å². The van der Waals surface area contributed by atoms with Gasteiger partial charge in [-0.1, -0.05) is 0 Å². The third-order valence-corrected chi connectivity index (χ3v) is 3.41. The number of ether oxygens (including phenoxy) is 1. The smallest absolute Gasteiger partial charge is 0.215 e. The van der Waals surface area contributed by atoms with Crippen LogP contribution in [0.15, 0.2) is 12.1 Å². The van der Waals surface area contributed by atoms with Crippen molar-refractivity contribution in [1.29, 1.82) is 0 Å². The molecule has 0 radical (unpaired) electrons. The molecule has 90 valence electrons. The van der Waals surface area contributed by atoms with Gasteiger partial charge in [0.2, 0.25) is 5.88 Å². The average molecular weight is 232 g/mol. The second-order valence-electron chi connectivity index (χ2n) is 4.62. The summed E-state index contributed by atoms with van der Waals surface area (Å²) in [7, 11) is 1.61. The van der Waals surface area contributed by atoms with Gasteiger partial charge >= 0.3 is 0 Å². The van der Waals surface area contributed by atoms with Gasteiger partial charge in [0.1, 0.15) is 5.82 Å². The van der Waals surface area contributed by atoms with E-state index in [-0.39, 0.29) is 0 Å². The van der Waals surface area contributed by atoms with Gasteiger partial charge < -0.3 is 15.5 Å². The van der Waals surface area contributed by atoms with Crippen LogP contribution in [0.2, 0.25) is 0 Å². The lowest BCUT2D eigenvalue weighted by atomic mass is 10.1. The van der Waals surface area contributed by atoms with Gasteiger partial charge in [-0.15, -0.1) is 0 Å². The van der Waals surface area contributed by atoms with Crippen LogP contribution in [0.5, 0.6) is 5.88 Å². The van der Waals surface area contributed by atoms with E-state index in [1.54, 1.807) is 7.11 Å². The summed E-state index contributed by atoms with van der Waals surface area (Å²) in [5.41, 5.74) is 7.61. The highest BCUT2D eigenvalue weighted by molar-refractivity contribution is 5.71. The highest BCUT2D eigenvalue weighted by Crippen LogP contribution is 2.32. The molecular weight excluding hydrogens is 216 g/mol. The molecular formula is C12H16N4O. The van der Waals surface area contributed by atoms with E-state index in [0.717, 1.165) is 36.3 Å². The fourth-order valence-electron chi connectivity index (χ4n) is 2.47. The zero-order valence-corrected chi connectivity index (χ0v) is 9.81. The number of rotatable bonds is 2. The minimum Gasteiger partial charge on any atom is -0.481 e. The first kappa shape index (κ1) is 10.5. The molecule has 1 fully saturated rings. The van der Waals surface area contributed by atoms with Crippen LogP contribution in [0, 0.1) is 0 Å². The molecule has 2 aromatic rings. The molecule has 1 saturated carbocycles. The van der Waals surface area contributed by atoms with E-state index in [2.05, 4.69) is 15.0 Å². The number of pyridine rings is 1. The van der Waals surface area contributed by atoms with Crippen LogP contribution in [0.25, 0.3) is 11.2 Å². The van der Waals surface area contributed by atoms with Crippen LogP contribution in [0.4, 0.5) is 0 Å². The van der Waals surface area contributed by atoms with Crippen LogP contribution in [-0.2, 0) is 0 Å². The van der Waals surface area contributed by atoms with E-state index in [9.17, 15) is 0 Å². The summed E-state index contributed by atoms with van der Waals surface area (Å²) >= 11 is 0. The van der Waals surface area contributed by atoms with Crippen molar-refractivity contribution in [3.63, 3.8) is 0 Å². The van der Waals surface area contributed by atoms with Crippen molar-refractivity contribution >= 4 is 11.2 Å². The lowest BCUT2D eigenvalue weighted by Gasteiger charge is -2.04. The Bertz CT molecular complexity index is 536. The third-order valence-electron chi connectivity index (χ3n) is 3.41. The molecule has 3 rings (SSSR count). The topological polar surface area (TPSA) is 76.8 Å². The van der Waals surface area contributed by atoms with Crippen molar-refractivity contribution in [3.8, 4) is 5.88 Å². The molecule has 5 heteroatoms. The summed E-state index contributed by atoms with van der Waals surface area (Å²) < 4.78 is 5.09. The molecule has 0 aliphatic heterocycles. The van der Waals surface area contributed by atoms with Gasteiger partial charge in [0.05, 0.1) is 12.6 Å². The molecule has 1 aliphatic carbocycles. The lowest BCUT2D eigenvalue weighted by molar-refractivity contribution is 0.399. The van der Waals surface area contributed by atoms with E-state index in [4.69, 9.17) is 10.5 Å². The zero-order chi connectivity index (χ0) is 11.8. The van der Waals surface area contributed by atoms with Gasteiger partial charge in [-0.2, -0.15) is 4.98 Å². The predicted molar refractivity (Wildman–Crippen MR) is 65.0 cm³/mol. The van der Waals surface area contributed by atoms with Gasteiger partial charge in [-0.05, 0) is 25.3 Å². The Morgan fingerprint density at radius 3 is 2.94 bits per heavy atom. The van der Waals surface area contributed by atoms with Crippen LogP contribution in [0.3, 0.4) is 0 Å². The van der Waals surface area contributed by atoms with Gasteiger partial charge in [0.15, 0.2) is 5.65 Å². The summed E-state index contributed by atoms with van der Waals surface area (Å²) in [5.74, 6) is 2.05. The monoisotopic (exact) mass is 232 g/mol. The van der Waals surface area contributed by atoms with Crippen molar-refractivity contribution in [2.24, 2.45) is 5.73 Å². The lowest BCUT2D eigenvalue weighted by Crippen LogP contribution is -2.14. The number of imidazole rings is 1. The minimum absolute atomic E-state index is 0.315. The maximum absolute atomic E-state index is 5.93. The van der Waals surface area contributed by atoms with Gasteiger partial charge in [0.25, 0.3) is 0 Å². The van der Waals surface area contributed by atoms with E-state index in [1.807, 2.05) is 12.1 Å². The molecule has 0 spiro atoms. The Morgan fingerprint density at radius 2 is 2.24 bits per heavy atom. The molecule has 2 atom stereocenters. The number of nitrogens with two attached hydrogens (primary N) is 1. The molecule has 0 amide bonds. The summed E-state index contributed by atoms with van der Waals surface area (Å²) in [6, 6.07) is 4.10. The third kappa shape index (κ3) is 1.86. The predicted octanol–water partition coefficient (Wildman–Crippen LogP) is 1.56. The normalized spacial score (nSPS) is 24.4. The summed E-state index contributed by atoms with van der Waals surface area (Å²) in [6.45, 7) is 0. The Hall–Kier alpha value is -1.62. The first-order valence-corrected chi connectivity index (χ1v) is 5.92. The standard InChI is InChI=1S/C12H16N4O/c1-17-10-5-4-9-12(15-10)16-11(14-9)7-2-3-8(13)6-7/h4-5,7-8H,2-3,6,13H2,1H3,(H,14,15,16)/t7-,8+/m1/s1. The molecule has 0 unspecified atom stereocenters. The van der Waals surface area contributed by atoms with E-state index < -0.39 is 0 Å². The van der Waals surface area contributed by atoms with Gasteiger partial charge in [0, 0.05) is 18.0 Å². The number of hydrogen-bond acceptors (Lipinski definition) is 4. The minimum atomic E-state index is 0.315. The van der Waals surface area contributed by atoms with E-state index >= 15 is 0 Å². The fraction of sp³-hybridized carbons (Fsp3) is 0.500. The fourth-order valence-corrected chi connectivity index (χ4v) is 2.47. The Balaban J connectivity index is 1.96. The SMILES string of the molecule is COc1ccc2[nH]c([C@@H]3CC[C@H](N)C3)nc2n1. The van der Waals surface area contributed by atoms with Gasteiger partial charge in [-0.25, -0.2) is 4.98 Å². The average Bonchev–Trinajstić information content (AvgIpc) is 2.93. The number of hydrogen-bond donors (Lipinski definition) is 2. The molecule has 5 nitrogen and oxygen atoms in total. The first-order valence-electron chi connectivity index (χ1n) is 5.92. The van der Waals surface area contributed by atoms with Crippen LogP contribution in [0.1, 0.15) is 31.0 Å². The maximum Gasteiger partial charge on any atom is 0.215 e. The molecule has 2 heterocycles. The van der Waals surface area contributed by atoms with Crippen LogP contribution >= 0.6 is 0 Å². The van der Waals surface area contributed by atoms with Crippen molar-refractivity contribution in [2.75, 3.05) is 7.11 Å². The number of methoxy groups -OCH3 is 1. The van der Waals surface area contributed by atoms with E-state index in [0.29, 0.717) is 17.8 Å². The Morgan fingerprint density at radius 1 is 1.35 bits per heavy atom. The Kier molecular flexibility index (Phi) is 2.48. The number of aromatic nitrogens is 3. The number of aromatic amines is 1. The number of nitrogens with zero attached hydrogens (tertiary/aromatic N) is 2. The largest absolute Gasteiger partial charge is 0.481 e. The van der Waals surface area contributed by atoms with Crippen molar-refractivity contribution in [3.05, 3.63) is 18.0 Å². The molecule has 0 aromatic carbocycles. The van der Waals surface area contributed by atoms with Crippen molar-refractivity contribution < 1.29 is 4.74 Å². The van der Waals surface area contributed by atoms with Crippen LogP contribution in [-0.4, -0.2) is 28.1 Å². The number of nitrogens with one attached hydrogen (secondary N) is 1. The highest BCUT2D eigenvalue weighted by Gasteiger charge is 2.25. The second-order valence-corrected chi connectivity index (χ2v) is 4.62. The second kappa shape index (κ2) is 4.00. The van der Waals surface area contributed by atoms with Gasteiger partial charge in [-0.3, -0.25) is 0 Å². The highest BCUT2D eigenvalue weighted by atomic mass is 16.5. The number of H-pyrrole nitrogens is 1. The molecule has 17 heavy (non-hydrogen) atoms. The number of fused-ring (bicyclic) bond motifs is 1. The Labute approximate surface area is 99.4 Å². The molecule has 3 N–H and O–H groups in total.